The molecule has 0 saturated carbocycles. The second kappa shape index (κ2) is 6.63. The van der Waals surface area contributed by atoms with Crippen molar-refractivity contribution in [2.24, 2.45) is 0 Å². The van der Waals surface area contributed by atoms with E-state index in [1.54, 1.807) is 42.5 Å². The van der Waals surface area contributed by atoms with Gasteiger partial charge in [0.25, 0.3) is 5.91 Å². The molecule has 6 heteroatoms. The molecule has 0 fully saturated rings. The summed E-state index contributed by atoms with van der Waals surface area (Å²) in [7, 11) is 0. The molecule has 3 N–H and O–H groups in total. The number of hydrogen-bond acceptors (Lipinski definition) is 3. The number of para-hydroxylation sites is 2. The van der Waals surface area contributed by atoms with Gasteiger partial charge in [0.1, 0.15) is 5.75 Å². The lowest BCUT2D eigenvalue weighted by Crippen LogP contribution is -2.20. The molecule has 20 heavy (non-hydrogen) atoms. The number of rotatable bonds is 4. The Bertz CT molecular complexity index is 634. The van der Waals surface area contributed by atoms with Gasteiger partial charge in [-0.3, -0.25) is 4.79 Å². The number of hydrogen-bond donors (Lipinski definition) is 2. The molecular weight excluding hydrogens is 344 g/mol. The van der Waals surface area contributed by atoms with Crippen LogP contribution < -0.4 is 15.8 Å². The summed E-state index contributed by atoms with van der Waals surface area (Å²) in [5, 5.41) is 3.29. The molecule has 0 radical (unpaired) electrons. The summed E-state index contributed by atoms with van der Waals surface area (Å²) < 4.78 is 6.06. The molecule has 0 heterocycles. The zero-order valence-electron chi connectivity index (χ0n) is 10.4. The topological polar surface area (TPSA) is 64.3 Å². The minimum atomic E-state index is -0.275. The van der Waals surface area contributed by atoms with Gasteiger partial charge in [-0.2, -0.15) is 0 Å². The summed E-state index contributed by atoms with van der Waals surface area (Å²) in [6.07, 6.45) is 0. The van der Waals surface area contributed by atoms with Crippen LogP contribution in [0.2, 0.25) is 5.02 Å². The summed E-state index contributed by atoms with van der Waals surface area (Å²) in [6, 6.07) is 12.1. The van der Waals surface area contributed by atoms with Crippen molar-refractivity contribution in [1.29, 1.82) is 0 Å². The smallest absolute Gasteiger partial charge is 0.262 e. The van der Waals surface area contributed by atoms with Gasteiger partial charge in [-0.25, -0.2) is 0 Å². The minimum Gasteiger partial charge on any atom is -0.482 e. The molecule has 0 atom stereocenters. The Morgan fingerprint density at radius 1 is 1.30 bits per heavy atom. The standard InChI is InChI=1S/C14H12BrClN2O2/c15-10-7-9(5-6-11(10)16)18-14(19)8-20-13-4-2-1-3-12(13)17/h1-7H,8,17H2,(H,18,19). The average Bonchev–Trinajstić information content (AvgIpc) is 2.42. The fourth-order valence-corrected chi connectivity index (χ4v) is 2.02. The van der Waals surface area contributed by atoms with Crippen LogP contribution in [0.25, 0.3) is 0 Å². The average molecular weight is 356 g/mol. The maximum absolute atomic E-state index is 11.8. The van der Waals surface area contributed by atoms with Crippen molar-refractivity contribution in [3.63, 3.8) is 0 Å². The van der Waals surface area contributed by atoms with Gasteiger partial charge in [-0.15, -0.1) is 0 Å². The van der Waals surface area contributed by atoms with Crippen LogP contribution in [0.4, 0.5) is 11.4 Å². The molecular formula is C14H12BrClN2O2. The van der Waals surface area contributed by atoms with E-state index in [4.69, 9.17) is 22.1 Å². The first-order valence-corrected chi connectivity index (χ1v) is 6.95. The molecule has 0 aliphatic carbocycles. The normalized spacial score (nSPS) is 10.1. The molecule has 0 bridgehead atoms. The number of nitrogen functional groups attached to an aromatic ring is 1. The molecule has 2 rings (SSSR count). The molecule has 0 spiro atoms. The lowest BCUT2D eigenvalue weighted by Gasteiger charge is -2.09. The Labute approximate surface area is 130 Å². The van der Waals surface area contributed by atoms with Crippen LogP contribution in [0.1, 0.15) is 0 Å². The quantitative estimate of drug-likeness (QED) is 0.822. The zero-order valence-corrected chi connectivity index (χ0v) is 12.7. The second-order valence-corrected chi connectivity index (χ2v) is 5.27. The highest BCUT2D eigenvalue weighted by Gasteiger charge is 2.06. The van der Waals surface area contributed by atoms with Crippen LogP contribution in [-0.4, -0.2) is 12.5 Å². The van der Waals surface area contributed by atoms with Gasteiger partial charge in [0.05, 0.1) is 10.7 Å². The van der Waals surface area contributed by atoms with E-state index >= 15 is 0 Å². The number of carbonyl (C=O) groups excluding carboxylic acids is 1. The van der Waals surface area contributed by atoms with Gasteiger partial charge in [0.15, 0.2) is 6.61 Å². The van der Waals surface area contributed by atoms with Crippen LogP contribution in [-0.2, 0) is 4.79 Å². The van der Waals surface area contributed by atoms with E-state index in [9.17, 15) is 4.79 Å². The summed E-state index contributed by atoms with van der Waals surface area (Å²) in [5.41, 5.74) is 6.85. The fourth-order valence-electron chi connectivity index (χ4n) is 1.53. The van der Waals surface area contributed by atoms with Crippen molar-refractivity contribution in [2.45, 2.75) is 0 Å². The van der Waals surface area contributed by atoms with Crippen molar-refractivity contribution >= 4 is 44.8 Å². The SMILES string of the molecule is Nc1ccccc1OCC(=O)Nc1ccc(Cl)c(Br)c1. The number of nitrogens with two attached hydrogens (primary N) is 1. The minimum absolute atomic E-state index is 0.117. The third-order valence-electron chi connectivity index (χ3n) is 2.48. The van der Waals surface area contributed by atoms with Crippen molar-refractivity contribution in [3.05, 3.63) is 52.0 Å². The first-order valence-electron chi connectivity index (χ1n) is 5.78. The summed E-state index contributed by atoms with van der Waals surface area (Å²) >= 11 is 9.17. The maximum atomic E-state index is 11.8. The molecule has 0 aromatic heterocycles. The van der Waals surface area contributed by atoms with Crippen LogP contribution >= 0.6 is 27.5 Å². The fraction of sp³-hybridized carbons (Fsp3) is 0.0714. The van der Waals surface area contributed by atoms with E-state index < -0.39 is 0 Å². The molecule has 0 aliphatic heterocycles. The second-order valence-electron chi connectivity index (χ2n) is 4.00. The van der Waals surface area contributed by atoms with Crippen molar-refractivity contribution < 1.29 is 9.53 Å². The highest BCUT2D eigenvalue weighted by Crippen LogP contribution is 2.25. The van der Waals surface area contributed by atoms with Crippen LogP contribution in [0.5, 0.6) is 5.75 Å². The lowest BCUT2D eigenvalue weighted by molar-refractivity contribution is -0.118. The molecule has 2 aromatic carbocycles. The van der Waals surface area contributed by atoms with Crippen molar-refractivity contribution in [3.8, 4) is 5.75 Å². The number of ether oxygens (including phenoxy) is 1. The number of anilines is 2. The van der Waals surface area contributed by atoms with Gasteiger partial charge >= 0.3 is 0 Å². The summed E-state index contributed by atoms with van der Waals surface area (Å²) in [5.74, 6) is 0.211. The van der Waals surface area contributed by atoms with Gasteiger partial charge in [-0.05, 0) is 46.3 Å². The molecule has 0 aliphatic rings. The van der Waals surface area contributed by atoms with E-state index in [0.717, 1.165) is 0 Å². The lowest BCUT2D eigenvalue weighted by atomic mass is 10.3. The highest BCUT2D eigenvalue weighted by molar-refractivity contribution is 9.10. The maximum Gasteiger partial charge on any atom is 0.262 e. The van der Waals surface area contributed by atoms with Crippen LogP contribution in [0, 0.1) is 0 Å². The predicted octanol–water partition coefficient (Wildman–Crippen LogP) is 3.70. The van der Waals surface area contributed by atoms with Gasteiger partial charge < -0.3 is 15.8 Å². The first kappa shape index (κ1) is 14.7. The van der Waals surface area contributed by atoms with Gasteiger partial charge in [0.2, 0.25) is 0 Å². The molecule has 0 saturated heterocycles. The van der Waals surface area contributed by atoms with E-state index in [0.29, 0.717) is 26.6 Å². The molecule has 0 unspecified atom stereocenters. The van der Waals surface area contributed by atoms with Gasteiger partial charge in [-0.1, -0.05) is 23.7 Å². The number of nitrogens with one attached hydrogen (secondary N) is 1. The Morgan fingerprint density at radius 3 is 2.75 bits per heavy atom. The van der Waals surface area contributed by atoms with Crippen molar-refractivity contribution in [2.75, 3.05) is 17.7 Å². The number of benzene rings is 2. The predicted molar refractivity (Wildman–Crippen MR) is 84.1 cm³/mol. The summed E-state index contributed by atoms with van der Waals surface area (Å²) in [4.78, 5) is 11.8. The molecule has 4 nitrogen and oxygen atoms in total. The molecule has 104 valence electrons. The highest BCUT2D eigenvalue weighted by atomic mass is 79.9. The Balaban J connectivity index is 1.93. The Hall–Kier alpha value is -1.72. The van der Waals surface area contributed by atoms with Crippen LogP contribution in [0.3, 0.4) is 0 Å². The Morgan fingerprint density at radius 2 is 2.05 bits per heavy atom. The Kier molecular flexibility index (Phi) is 4.87. The third-order valence-corrected chi connectivity index (χ3v) is 3.70. The molecule has 1 amide bonds. The van der Waals surface area contributed by atoms with Gasteiger partial charge in [0, 0.05) is 10.2 Å². The van der Waals surface area contributed by atoms with E-state index in [1.807, 2.05) is 0 Å². The summed E-state index contributed by atoms with van der Waals surface area (Å²) in [6.45, 7) is -0.117. The molecule has 2 aromatic rings. The number of halogens is 2. The number of amides is 1. The monoisotopic (exact) mass is 354 g/mol. The van der Waals surface area contributed by atoms with E-state index in [2.05, 4.69) is 21.2 Å². The third kappa shape index (κ3) is 3.88. The largest absolute Gasteiger partial charge is 0.482 e. The van der Waals surface area contributed by atoms with Crippen molar-refractivity contribution in [1.82, 2.24) is 0 Å². The zero-order chi connectivity index (χ0) is 14.5. The van der Waals surface area contributed by atoms with E-state index in [1.165, 1.54) is 0 Å². The van der Waals surface area contributed by atoms with Crippen LogP contribution in [0.15, 0.2) is 46.9 Å². The first-order chi connectivity index (χ1) is 9.56. The number of carbonyl (C=O) groups is 1. The van der Waals surface area contributed by atoms with E-state index in [-0.39, 0.29) is 12.5 Å².